The molecule has 2 N–H and O–H groups in total. The molecule has 0 fully saturated rings. The van der Waals surface area contributed by atoms with E-state index in [0.717, 1.165) is 16.5 Å². The van der Waals surface area contributed by atoms with Gasteiger partial charge in [0, 0.05) is 27.7 Å². The van der Waals surface area contributed by atoms with E-state index < -0.39 is 0 Å². The van der Waals surface area contributed by atoms with E-state index in [1.54, 1.807) is 24.3 Å². The predicted octanol–water partition coefficient (Wildman–Crippen LogP) is 4.11. The maximum atomic E-state index is 12.5. The fourth-order valence-electron chi connectivity index (χ4n) is 2.69. The largest absolute Gasteiger partial charge is 0.454 e. The molecule has 1 aliphatic heterocycles. The van der Waals surface area contributed by atoms with Gasteiger partial charge in [-0.15, -0.1) is 0 Å². The molecule has 3 aromatic rings. The molecule has 4 rings (SSSR count). The number of rotatable bonds is 2. The van der Waals surface area contributed by atoms with E-state index in [1.807, 2.05) is 19.1 Å². The van der Waals surface area contributed by atoms with Gasteiger partial charge in [0.1, 0.15) is 5.69 Å². The zero-order valence-corrected chi connectivity index (χ0v) is 13.0. The van der Waals surface area contributed by atoms with Crippen LogP contribution in [0.25, 0.3) is 10.9 Å². The van der Waals surface area contributed by atoms with Crippen LogP contribution in [-0.4, -0.2) is 17.7 Å². The lowest BCUT2D eigenvalue weighted by molar-refractivity contribution is 0.102. The normalized spacial score (nSPS) is 12.6. The molecule has 1 aromatic heterocycles. The first-order valence-corrected chi connectivity index (χ1v) is 7.48. The average Bonchev–Trinajstić information content (AvgIpc) is 3.12. The van der Waals surface area contributed by atoms with Crippen molar-refractivity contribution in [3.05, 3.63) is 52.7 Å². The number of nitrogens with one attached hydrogen (secondary N) is 2. The van der Waals surface area contributed by atoms with Gasteiger partial charge in [0.15, 0.2) is 11.5 Å². The summed E-state index contributed by atoms with van der Waals surface area (Å²) in [6.07, 6.45) is 0. The Hall–Kier alpha value is -2.66. The van der Waals surface area contributed by atoms with Crippen LogP contribution < -0.4 is 14.8 Å². The Morgan fingerprint density at radius 3 is 2.87 bits per heavy atom. The van der Waals surface area contributed by atoms with Gasteiger partial charge >= 0.3 is 0 Å². The molecule has 0 atom stereocenters. The Bertz CT molecular complexity index is 933. The summed E-state index contributed by atoms with van der Waals surface area (Å²) in [7, 11) is 0. The van der Waals surface area contributed by atoms with Gasteiger partial charge in [-0.05, 0) is 42.8 Å². The van der Waals surface area contributed by atoms with Gasteiger partial charge in [-0.1, -0.05) is 11.6 Å². The Labute approximate surface area is 137 Å². The molecule has 0 unspecified atom stereocenters. The minimum absolute atomic E-state index is 0.203. The number of carbonyl (C=O) groups excluding carboxylic acids is 1. The van der Waals surface area contributed by atoms with Crippen molar-refractivity contribution in [1.29, 1.82) is 0 Å². The first-order chi connectivity index (χ1) is 11.1. The summed E-state index contributed by atoms with van der Waals surface area (Å²) in [5, 5.41) is 4.44. The fraction of sp³-hybridized carbons (Fsp3) is 0.118. The quantitative estimate of drug-likeness (QED) is 0.744. The molecule has 1 aliphatic rings. The second kappa shape index (κ2) is 5.21. The van der Waals surface area contributed by atoms with Crippen molar-refractivity contribution in [1.82, 2.24) is 4.98 Å². The number of benzene rings is 2. The summed E-state index contributed by atoms with van der Waals surface area (Å²) in [5.74, 6) is 1.09. The monoisotopic (exact) mass is 328 g/mol. The standard InChI is InChI=1S/C17H13ClN2O3/c1-9-12-6-10(18)2-4-13(12)20-16(9)17(21)19-11-3-5-14-15(7-11)23-8-22-14/h2-7,20H,8H2,1H3,(H,19,21). The van der Waals surface area contributed by atoms with Crippen molar-refractivity contribution in [2.75, 3.05) is 12.1 Å². The van der Waals surface area contributed by atoms with Gasteiger partial charge in [0.25, 0.3) is 5.91 Å². The van der Waals surface area contributed by atoms with E-state index in [2.05, 4.69) is 10.3 Å². The van der Waals surface area contributed by atoms with Crippen molar-refractivity contribution in [2.24, 2.45) is 0 Å². The first kappa shape index (κ1) is 14.0. The summed E-state index contributed by atoms with van der Waals surface area (Å²) in [6, 6.07) is 10.8. The number of halogens is 1. The van der Waals surface area contributed by atoms with E-state index >= 15 is 0 Å². The van der Waals surface area contributed by atoms with Gasteiger partial charge in [-0.3, -0.25) is 4.79 Å². The van der Waals surface area contributed by atoms with Crippen LogP contribution in [0.5, 0.6) is 11.5 Å². The third-order valence-electron chi connectivity index (χ3n) is 3.88. The topological polar surface area (TPSA) is 63.4 Å². The maximum Gasteiger partial charge on any atom is 0.272 e. The first-order valence-electron chi connectivity index (χ1n) is 7.10. The van der Waals surface area contributed by atoms with E-state index in [1.165, 1.54) is 0 Å². The Balaban J connectivity index is 1.65. The third-order valence-corrected chi connectivity index (χ3v) is 4.11. The van der Waals surface area contributed by atoms with Crippen LogP contribution in [0, 0.1) is 6.92 Å². The van der Waals surface area contributed by atoms with Crippen molar-refractivity contribution in [3.63, 3.8) is 0 Å². The summed E-state index contributed by atoms with van der Waals surface area (Å²) >= 11 is 6.02. The summed E-state index contributed by atoms with van der Waals surface area (Å²) in [4.78, 5) is 15.7. The second-order valence-corrected chi connectivity index (χ2v) is 5.77. The van der Waals surface area contributed by atoms with E-state index in [0.29, 0.717) is 27.9 Å². The van der Waals surface area contributed by atoms with Crippen molar-refractivity contribution >= 4 is 34.1 Å². The molecule has 0 saturated carbocycles. The molecule has 1 amide bonds. The summed E-state index contributed by atoms with van der Waals surface area (Å²) < 4.78 is 10.6. The SMILES string of the molecule is Cc1c(C(=O)Nc2ccc3c(c2)OCO3)[nH]c2ccc(Cl)cc12. The van der Waals surface area contributed by atoms with Crippen LogP contribution in [0.3, 0.4) is 0 Å². The Morgan fingerprint density at radius 2 is 2.00 bits per heavy atom. The van der Waals surface area contributed by atoms with Crippen LogP contribution in [0.4, 0.5) is 5.69 Å². The highest BCUT2D eigenvalue weighted by molar-refractivity contribution is 6.31. The number of hydrogen-bond donors (Lipinski definition) is 2. The highest BCUT2D eigenvalue weighted by atomic mass is 35.5. The molecule has 0 aliphatic carbocycles. The number of amides is 1. The molecule has 0 radical (unpaired) electrons. The Morgan fingerprint density at radius 1 is 1.17 bits per heavy atom. The molecular weight excluding hydrogens is 316 g/mol. The number of aryl methyl sites for hydroxylation is 1. The Kier molecular flexibility index (Phi) is 3.16. The maximum absolute atomic E-state index is 12.5. The molecule has 0 spiro atoms. The zero-order chi connectivity index (χ0) is 16.0. The lowest BCUT2D eigenvalue weighted by atomic mass is 10.1. The molecule has 5 nitrogen and oxygen atoms in total. The molecule has 23 heavy (non-hydrogen) atoms. The fourth-order valence-corrected chi connectivity index (χ4v) is 2.87. The molecule has 0 bridgehead atoms. The molecule has 2 aromatic carbocycles. The lowest BCUT2D eigenvalue weighted by Crippen LogP contribution is -2.13. The zero-order valence-electron chi connectivity index (χ0n) is 12.3. The van der Waals surface area contributed by atoms with E-state index in [-0.39, 0.29) is 12.7 Å². The molecule has 0 saturated heterocycles. The minimum atomic E-state index is -0.214. The molecule has 116 valence electrons. The number of aromatic nitrogens is 1. The van der Waals surface area contributed by atoms with E-state index in [4.69, 9.17) is 21.1 Å². The highest BCUT2D eigenvalue weighted by Gasteiger charge is 2.17. The van der Waals surface area contributed by atoms with Crippen molar-refractivity contribution in [2.45, 2.75) is 6.92 Å². The van der Waals surface area contributed by atoms with E-state index in [9.17, 15) is 4.79 Å². The smallest absolute Gasteiger partial charge is 0.272 e. The van der Waals surface area contributed by atoms with Gasteiger partial charge in [0.05, 0.1) is 0 Å². The number of anilines is 1. The second-order valence-electron chi connectivity index (χ2n) is 5.34. The lowest BCUT2D eigenvalue weighted by Gasteiger charge is -2.05. The van der Waals surface area contributed by atoms with Crippen molar-refractivity contribution in [3.8, 4) is 11.5 Å². The van der Waals surface area contributed by atoms with Crippen LogP contribution in [-0.2, 0) is 0 Å². The number of carbonyl (C=O) groups is 1. The number of ether oxygens (including phenoxy) is 2. The number of hydrogen-bond acceptors (Lipinski definition) is 3. The van der Waals surface area contributed by atoms with Crippen LogP contribution in [0.15, 0.2) is 36.4 Å². The average molecular weight is 329 g/mol. The van der Waals surface area contributed by atoms with Crippen LogP contribution in [0.2, 0.25) is 5.02 Å². The number of aromatic amines is 1. The minimum Gasteiger partial charge on any atom is -0.454 e. The molecule has 2 heterocycles. The van der Waals surface area contributed by atoms with Crippen LogP contribution >= 0.6 is 11.6 Å². The molecular formula is C17H13ClN2O3. The number of fused-ring (bicyclic) bond motifs is 2. The molecule has 6 heteroatoms. The summed E-state index contributed by atoms with van der Waals surface area (Å²) in [6.45, 7) is 2.10. The highest BCUT2D eigenvalue weighted by Crippen LogP contribution is 2.34. The third kappa shape index (κ3) is 2.39. The predicted molar refractivity (Wildman–Crippen MR) is 88.6 cm³/mol. The van der Waals surface area contributed by atoms with Gasteiger partial charge in [-0.25, -0.2) is 0 Å². The van der Waals surface area contributed by atoms with Crippen molar-refractivity contribution < 1.29 is 14.3 Å². The summed E-state index contributed by atoms with van der Waals surface area (Å²) in [5.41, 5.74) is 2.90. The van der Waals surface area contributed by atoms with Crippen LogP contribution in [0.1, 0.15) is 16.1 Å². The van der Waals surface area contributed by atoms with Gasteiger partial charge in [0.2, 0.25) is 6.79 Å². The van der Waals surface area contributed by atoms with Gasteiger partial charge < -0.3 is 19.8 Å². The van der Waals surface area contributed by atoms with Gasteiger partial charge in [-0.2, -0.15) is 0 Å². The number of H-pyrrole nitrogens is 1.